The molecule has 1 aliphatic heterocycles. The summed E-state index contributed by atoms with van der Waals surface area (Å²) in [5, 5.41) is 28.4. The van der Waals surface area contributed by atoms with Crippen LogP contribution in [0.1, 0.15) is 6.92 Å². The van der Waals surface area contributed by atoms with Crippen LogP contribution >= 0.6 is 0 Å². The van der Waals surface area contributed by atoms with Crippen molar-refractivity contribution in [2.75, 3.05) is 13.2 Å². The number of rotatable bonds is 3. The van der Waals surface area contributed by atoms with Gasteiger partial charge in [0, 0.05) is 13.5 Å². The number of aliphatic hydroxyl groups is 3. The first-order valence-electron chi connectivity index (χ1n) is 5.03. The molecule has 6 nitrogen and oxygen atoms in total. The molecule has 1 rings (SSSR count). The van der Waals surface area contributed by atoms with Crippen LogP contribution in [0.5, 0.6) is 0 Å². The number of carbonyl (C=O) groups is 1. The first kappa shape index (κ1) is 13.1. The highest BCUT2D eigenvalue weighted by Gasteiger charge is 2.41. The zero-order chi connectivity index (χ0) is 12.3. The lowest BCUT2D eigenvalue weighted by Crippen LogP contribution is -2.59. The number of ether oxygens (including phenoxy) is 1. The molecule has 0 radical (unpaired) electrons. The normalized spacial score (nSPS) is 34.5. The summed E-state index contributed by atoms with van der Waals surface area (Å²) in [5.74, 6) is -0.299. The first-order chi connectivity index (χ1) is 7.49. The van der Waals surface area contributed by atoms with Crippen molar-refractivity contribution in [2.24, 2.45) is 0 Å². The monoisotopic (exact) mass is 231 g/mol. The average Bonchev–Trinajstić information content (AvgIpc) is 2.24. The van der Waals surface area contributed by atoms with Gasteiger partial charge in [0.1, 0.15) is 18.3 Å². The average molecular weight is 231 g/mol. The molecule has 4 unspecified atom stereocenters. The lowest BCUT2D eigenvalue weighted by Gasteiger charge is -2.40. The Morgan fingerprint density at radius 3 is 2.62 bits per heavy atom. The highest BCUT2D eigenvalue weighted by Crippen LogP contribution is 2.19. The van der Waals surface area contributed by atoms with Crippen LogP contribution in [0, 0.1) is 0 Å². The minimum Gasteiger partial charge on any atom is -0.388 e. The Bertz CT molecular complexity index is 270. The Balaban J connectivity index is 2.77. The van der Waals surface area contributed by atoms with Gasteiger partial charge in [-0.2, -0.15) is 0 Å². The van der Waals surface area contributed by atoms with Crippen molar-refractivity contribution in [2.45, 2.75) is 31.5 Å². The largest absolute Gasteiger partial charge is 0.388 e. The summed E-state index contributed by atoms with van der Waals surface area (Å²) >= 11 is 0. The molecule has 16 heavy (non-hydrogen) atoms. The molecule has 92 valence electrons. The number of hydrogen-bond acceptors (Lipinski definition) is 5. The number of aliphatic hydroxyl groups excluding tert-OH is 3. The maximum atomic E-state index is 11.3. The van der Waals surface area contributed by atoms with Crippen molar-refractivity contribution in [3.8, 4) is 0 Å². The summed E-state index contributed by atoms with van der Waals surface area (Å²) in [6.07, 6.45) is -3.23. The van der Waals surface area contributed by atoms with E-state index in [4.69, 9.17) is 4.74 Å². The molecular weight excluding hydrogens is 214 g/mol. The van der Waals surface area contributed by atoms with E-state index in [0.29, 0.717) is 0 Å². The maximum Gasteiger partial charge on any atom is 0.221 e. The number of amides is 1. The molecule has 0 bridgehead atoms. The van der Waals surface area contributed by atoms with E-state index < -0.39 is 24.5 Å². The molecular formula is C10H17NO5. The second kappa shape index (κ2) is 5.40. The summed E-state index contributed by atoms with van der Waals surface area (Å²) in [6, 6.07) is 0. The van der Waals surface area contributed by atoms with Crippen LogP contribution in [-0.2, 0) is 9.53 Å². The zero-order valence-electron chi connectivity index (χ0n) is 9.11. The van der Waals surface area contributed by atoms with Crippen molar-refractivity contribution in [3.05, 3.63) is 12.7 Å². The summed E-state index contributed by atoms with van der Waals surface area (Å²) in [6.45, 7) is 4.91. The minimum atomic E-state index is -1.33. The van der Waals surface area contributed by atoms with Crippen LogP contribution in [-0.4, -0.2) is 63.8 Å². The Labute approximate surface area is 93.7 Å². The summed E-state index contributed by atoms with van der Waals surface area (Å²) in [5.41, 5.74) is 0. The van der Waals surface area contributed by atoms with Gasteiger partial charge in [0.05, 0.1) is 6.61 Å². The van der Waals surface area contributed by atoms with Crippen LogP contribution < -0.4 is 0 Å². The first-order valence-corrected chi connectivity index (χ1v) is 5.03. The Hall–Kier alpha value is -0.950. The second-order valence-corrected chi connectivity index (χ2v) is 3.73. The van der Waals surface area contributed by atoms with Gasteiger partial charge in [0.15, 0.2) is 6.23 Å². The molecule has 0 spiro atoms. The molecule has 1 amide bonds. The van der Waals surface area contributed by atoms with Crippen molar-refractivity contribution in [1.29, 1.82) is 0 Å². The van der Waals surface area contributed by atoms with Gasteiger partial charge in [0.25, 0.3) is 0 Å². The molecule has 1 heterocycles. The van der Waals surface area contributed by atoms with Gasteiger partial charge in [0.2, 0.25) is 5.91 Å². The molecule has 1 saturated heterocycles. The molecule has 0 aliphatic carbocycles. The van der Waals surface area contributed by atoms with Gasteiger partial charge in [-0.25, -0.2) is 0 Å². The molecule has 6 heteroatoms. The van der Waals surface area contributed by atoms with Crippen molar-refractivity contribution in [1.82, 2.24) is 4.90 Å². The van der Waals surface area contributed by atoms with Crippen LogP contribution in [0.2, 0.25) is 0 Å². The molecule has 0 aromatic carbocycles. The van der Waals surface area contributed by atoms with E-state index in [1.807, 2.05) is 0 Å². The van der Waals surface area contributed by atoms with E-state index >= 15 is 0 Å². The van der Waals surface area contributed by atoms with E-state index in [1.165, 1.54) is 17.9 Å². The quantitative estimate of drug-likeness (QED) is 0.512. The molecule has 3 N–H and O–H groups in total. The fourth-order valence-electron chi connectivity index (χ4n) is 1.62. The molecule has 0 aromatic heterocycles. The fourth-order valence-corrected chi connectivity index (χ4v) is 1.62. The maximum absolute atomic E-state index is 11.3. The predicted octanol–water partition coefficient (Wildman–Crippen LogP) is -1.54. The van der Waals surface area contributed by atoms with E-state index in [-0.39, 0.29) is 19.1 Å². The second-order valence-electron chi connectivity index (χ2n) is 3.73. The van der Waals surface area contributed by atoms with Gasteiger partial charge in [-0.05, 0) is 0 Å². The lowest BCUT2D eigenvalue weighted by molar-refractivity contribution is -0.225. The molecule has 1 fully saturated rings. The third-order valence-electron chi connectivity index (χ3n) is 2.51. The van der Waals surface area contributed by atoms with Gasteiger partial charge in [-0.15, -0.1) is 6.58 Å². The van der Waals surface area contributed by atoms with Crippen molar-refractivity contribution in [3.63, 3.8) is 0 Å². The molecule has 4 atom stereocenters. The third-order valence-corrected chi connectivity index (χ3v) is 2.51. The van der Waals surface area contributed by atoms with Crippen molar-refractivity contribution < 1.29 is 24.9 Å². The lowest BCUT2D eigenvalue weighted by atomic mass is 10.0. The van der Waals surface area contributed by atoms with Crippen molar-refractivity contribution >= 4 is 5.91 Å². The summed E-state index contributed by atoms with van der Waals surface area (Å²) in [7, 11) is 0. The predicted molar refractivity (Wildman–Crippen MR) is 55.3 cm³/mol. The molecule has 1 aliphatic rings. The van der Waals surface area contributed by atoms with Gasteiger partial charge >= 0.3 is 0 Å². The SMILES string of the molecule is C=CCN(C(C)=O)C1OCC(O)C(O)C1O. The number of nitrogens with zero attached hydrogens (tertiary/aromatic N) is 1. The highest BCUT2D eigenvalue weighted by atomic mass is 16.5. The topological polar surface area (TPSA) is 90.2 Å². The van der Waals surface area contributed by atoms with Crippen LogP contribution in [0.25, 0.3) is 0 Å². The van der Waals surface area contributed by atoms with Crippen LogP contribution in [0.4, 0.5) is 0 Å². The Morgan fingerprint density at radius 2 is 2.12 bits per heavy atom. The van der Waals surface area contributed by atoms with E-state index in [2.05, 4.69) is 6.58 Å². The highest BCUT2D eigenvalue weighted by molar-refractivity contribution is 5.73. The van der Waals surface area contributed by atoms with E-state index in [1.54, 1.807) is 0 Å². The van der Waals surface area contributed by atoms with E-state index in [0.717, 1.165) is 0 Å². The van der Waals surface area contributed by atoms with Gasteiger partial charge < -0.3 is 25.0 Å². The van der Waals surface area contributed by atoms with Crippen LogP contribution in [0.3, 0.4) is 0 Å². The third kappa shape index (κ3) is 2.59. The van der Waals surface area contributed by atoms with Gasteiger partial charge in [-0.3, -0.25) is 4.79 Å². The summed E-state index contributed by atoms with van der Waals surface area (Å²) < 4.78 is 5.15. The standard InChI is InChI=1S/C10H17NO5/c1-3-4-11(6(2)12)10-9(15)8(14)7(13)5-16-10/h3,7-10,13-15H,1,4-5H2,2H3. The molecule has 0 saturated carbocycles. The number of hydrogen-bond donors (Lipinski definition) is 3. The number of carbonyl (C=O) groups excluding carboxylic acids is 1. The summed E-state index contributed by atoms with van der Waals surface area (Å²) in [4.78, 5) is 12.6. The van der Waals surface area contributed by atoms with Crippen LogP contribution in [0.15, 0.2) is 12.7 Å². The fraction of sp³-hybridized carbons (Fsp3) is 0.700. The minimum absolute atomic E-state index is 0.121. The van der Waals surface area contributed by atoms with E-state index in [9.17, 15) is 20.1 Å². The smallest absolute Gasteiger partial charge is 0.221 e. The molecule has 0 aromatic rings. The zero-order valence-corrected chi connectivity index (χ0v) is 9.11. The Morgan fingerprint density at radius 1 is 1.50 bits per heavy atom. The Kier molecular flexibility index (Phi) is 4.43. The van der Waals surface area contributed by atoms with Gasteiger partial charge in [-0.1, -0.05) is 6.08 Å².